The Morgan fingerprint density at radius 1 is 1.30 bits per heavy atom. The number of fused-ring (bicyclic) bond motifs is 3. The standard InChI is InChI=1S/C17H21NOS/c1-10-13-5-3-4-6-16(13)20-17(10)11(2)18-14-9-12-7-8-15(14)19-12/h3-6,11-12,14-15,18H,7-9H2,1-2H3. The summed E-state index contributed by atoms with van der Waals surface area (Å²) in [5, 5.41) is 5.22. The van der Waals surface area contributed by atoms with Gasteiger partial charge in [0, 0.05) is 21.7 Å². The average molecular weight is 287 g/mol. The third-order valence-electron chi connectivity index (χ3n) is 4.84. The van der Waals surface area contributed by atoms with E-state index in [0.717, 1.165) is 0 Å². The maximum atomic E-state index is 5.95. The molecule has 2 nitrogen and oxygen atoms in total. The van der Waals surface area contributed by atoms with Crippen molar-refractivity contribution in [2.24, 2.45) is 0 Å². The Morgan fingerprint density at radius 2 is 2.15 bits per heavy atom. The van der Waals surface area contributed by atoms with Crippen LogP contribution in [0.15, 0.2) is 24.3 Å². The van der Waals surface area contributed by atoms with Crippen molar-refractivity contribution in [3.63, 3.8) is 0 Å². The zero-order valence-corrected chi connectivity index (χ0v) is 12.9. The first-order chi connectivity index (χ1) is 9.72. The fourth-order valence-electron chi connectivity index (χ4n) is 3.82. The molecule has 4 unspecified atom stereocenters. The summed E-state index contributed by atoms with van der Waals surface area (Å²) in [7, 11) is 0. The normalized spacial score (nSPS) is 30.2. The average Bonchev–Trinajstić information content (AvgIpc) is 3.14. The largest absolute Gasteiger partial charge is 0.373 e. The molecule has 0 radical (unpaired) electrons. The maximum Gasteiger partial charge on any atom is 0.0733 e. The Bertz CT molecular complexity index is 635. The van der Waals surface area contributed by atoms with E-state index in [1.165, 1.54) is 39.8 Å². The van der Waals surface area contributed by atoms with Crippen molar-refractivity contribution in [1.29, 1.82) is 0 Å². The number of ether oxygens (including phenoxy) is 1. The second kappa shape index (κ2) is 4.83. The zero-order valence-electron chi connectivity index (χ0n) is 12.1. The summed E-state index contributed by atoms with van der Waals surface area (Å²) in [5.74, 6) is 0. The first-order valence-corrected chi connectivity index (χ1v) is 8.43. The van der Waals surface area contributed by atoms with E-state index in [1.807, 2.05) is 11.3 Å². The lowest BCUT2D eigenvalue weighted by molar-refractivity contribution is 0.0963. The van der Waals surface area contributed by atoms with Gasteiger partial charge >= 0.3 is 0 Å². The van der Waals surface area contributed by atoms with E-state index in [2.05, 4.69) is 43.4 Å². The van der Waals surface area contributed by atoms with E-state index in [-0.39, 0.29) is 0 Å². The number of rotatable bonds is 3. The van der Waals surface area contributed by atoms with Crippen LogP contribution in [0, 0.1) is 6.92 Å². The molecular weight excluding hydrogens is 266 g/mol. The summed E-state index contributed by atoms with van der Waals surface area (Å²) in [6, 6.07) is 9.69. The molecule has 3 heteroatoms. The van der Waals surface area contributed by atoms with Crippen LogP contribution in [0.4, 0.5) is 0 Å². The highest BCUT2D eigenvalue weighted by Gasteiger charge is 2.41. The van der Waals surface area contributed by atoms with Gasteiger partial charge in [-0.25, -0.2) is 0 Å². The van der Waals surface area contributed by atoms with Crippen LogP contribution in [0.1, 0.15) is 42.7 Å². The van der Waals surface area contributed by atoms with E-state index >= 15 is 0 Å². The van der Waals surface area contributed by atoms with Gasteiger partial charge in [-0.05, 0) is 50.1 Å². The molecule has 2 fully saturated rings. The molecule has 2 aliphatic rings. The topological polar surface area (TPSA) is 21.3 Å². The van der Waals surface area contributed by atoms with Crippen molar-refractivity contribution in [3.05, 3.63) is 34.7 Å². The van der Waals surface area contributed by atoms with Crippen LogP contribution >= 0.6 is 11.3 Å². The maximum absolute atomic E-state index is 5.95. The number of hydrogen-bond donors (Lipinski definition) is 1. The van der Waals surface area contributed by atoms with Crippen LogP contribution in [-0.4, -0.2) is 18.2 Å². The predicted octanol–water partition coefficient (Wildman–Crippen LogP) is 4.18. The number of aryl methyl sites for hydroxylation is 1. The van der Waals surface area contributed by atoms with Gasteiger partial charge in [-0.15, -0.1) is 11.3 Å². The lowest BCUT2D eigenvalue weighted by atomic mass is 9.94. The molecule has 4 rings (SSSR count). The fraction of sp³-hybridized carbons (Fsp3) is 0.529. The molecular formula is C17H21NOS. The fourth-order valence-corrected chi connectivity index (χ4v) is 5.04. The SMILES string of the molecule is Cc1c(C(C)NC2CC3CCC2O3)sc2ccccc12. The van der Waals surface area contributed by atoms with Gasteiger partial charge in [0.2, 0.25) is 0 Å². The minimum atomic E-state index is 0.417. The summed E-state index contributed by atoms with van der Waals surface area (Å²) >= 11 is 1.93. The molecule has 2 saturated heterocycles. The lowest BCUT2D eigenvalue weighted by Crippen LogP contribution is -2.38. The highest BCUT2D eigenvalue weighted by Crippen LogP contribution is 2.38. The molecule has 1 aromatic carbocycles. The molecule has 1 N–H and O–H groups in total. The van der Waals surface area contributed by atoms with E-state index in [4.69, 9.17) is 4.74 Å². The predicted molar refractivity (Wildman–Crippen MR) is 84.4 cm³/mol. The molecule has 2 aromatic rings. The Hall–Kier alpha value is -0.900. The molecule has 0 aliphatic carbocycles. The number of nitrogens with one attached hydrogen (secondary N) is 1. The number of benzene rings is 1. The third kappa shape index (κ3) is 2.00. The Labute approximate surface area is 124 Å². The van der Waals surface area contributed by atoms with Gasteiger partial charge in [0.25, 0.3) is 0 Å². The molecule has 3 heterocycles. The molecule has 2 bridgehead atoms. The summed E-state index contributed by atoms with van der Waals surface area (Å²) in [6.45, 7) is 4.55. The van der Waals surface area contributed by atoms with E-state index in [9.17, 15) is 0 Å². The van der Waals surface area contributed by atoms with Gasteiger partial charge in [0.1, 0.15) is 0 Å². The summed E-state index contributed by atoms with van der Waals surface area (Å²) < 4.78 is 7.35. The molecule has 4 atom stereocenters. The van der Waals surface area contributed by atoms with E-state index < -0.39 is 0 Å². The van der Waals surface area contributed by atoms with E-state index in [0.29, 0.717) is 24.3 Å². The van der Waals surface area contributed by atoms with Crippen LogP contribution in [0.3, 0.4) is 0 Å². The zero-order chi connectivity index (χ0) is 13.7. The first kappa shape index (κ1) is 12.8. The molecule has 0 amide bonds. The summed E-state index contributed by atoms with van der Waals surface area (Å²) in [5.41, 5.74) is 1.44. The van der Waals surface area contributed by atoms with Crippen molar-refractivity contribution < 1.29 is 4.74 Å². The van der Waals surface area contributed by atoms with Crippen molar-refractivity contribution >= 4 is 21.4 Å². The second-order valence-electron chi connectivity index (χ2n) is 6.19. The molecule has 106 valence electrons. The Kier molecular flexibility index (Phi) is 3.09. The Morgan fingerprint density at radius 3 is 2.85 bits per heavy atom. The second-order valence-corrected chi connectivity index (χ2v) is 7.28. The van der Waals surface area contributed by atoms with E-state index in [1.54, 1.807) is 0 Å². The summed E-state index contributed by atoms with van der Waals surface area (Å²) in [4.78, 5) is 1.48. The summed E-state index contributed by atoms with van der Waals surface area (Å²) in [6.07, 6.45) is 4.67. The van der Waals surface area contributed by atoms with Crippen molar-refractivity contribution in [2.45, 2.75) is 57.4 Å². The highest BCUT2D eigenvalue weighted by atomic mass is 32.1. The van der Waals surface area contributed by atoms with Crippen molar-refractivity contribution in [1.82, 2.24) is 5.32 Å². The molecule has 20 heavy (non-hydrogen) atoms. The first-order valence-electron chi connectivity index (χ1n) is 7.62. The molecule has 0 saturated carbocycles. The van der Waals surface area contributed by atoms with Crippen LogP contribution in [-0.2, 0) is 4.74 Å². The lowest BCUT2D eigenvalue weighted by Gasteiger charge is -2.24. The van der Waals surface area contributed by atoms with Crippen LogP contribution in [0.5, 0.6) is 0 Å². The van der Waals surface area contributed by atoms with Crippen LogP contribution < -0.4 is 5.32 Å². The van der Waals surface area contributed by atoms with Gasteiger partial charge in [0.15, 0.2) is 0 Å². The quantitative estimate of drug-likeness (QED) is 0.914. The third-order valence-corrected chi connectivity index (χ3v) is 6.30. The Balaban J connectivity index is 1.57. The van der Waals surface area contributed by atoms with Crippen LogP contribution in [0.25, 0.3) is 10.1 Å². The highest BCUT2D eigenvalue weighted by molar-refractivity contribution is 7.19. The molecule has 1 aromatic heterocycles. The van der Waals surface area contributed by atoms with Gasteiger partial charge in [-0.1, -0.05) is 18.2 Å². The molecule has 0 spiro atoms. The van der Waals surface area contributed by atoms with Gasteiger partial charge < -0.3 is 10.1 Å². The van der Waals surface area contributed by atoms with Gasteiger partial charge in [-0.3, -0.25) is 0 Å². The van der Waals surface area contributed by atoms with Crippen molar-refractivity contribution in [3.8, 4) is 0 Å². The van der Waals surface area contributed by atoms with Crippen LogP contribution in [0.2, 0.25) is 0 Å². The van der Waals surface area contributed by atoms with Crippen molar-refractivity contribution in [2.75, 3.05) is 0 Å². The number of hydrogen-bond acceptors (Lipinski definition) is 3. The minimum Gasteiger partial charge on any atom is -0.373 e. The molecule has 2 aliphatic heterocycles. The number of thiophene rings is 1. The minimum absolute atomic E-state index is 0.417. The van der Waals surface area contributed by atoms with Gasteiger partial charge in [-0.2, -0.15) is 0 Å². The van der Waals surface area contributed by atoms with Gasteiger partial charge in [0.05, 0.1) is 12.2 Å². The monoisotopic (exact) mass is 287 g/mol. The smallest absolute Gasteiger partial charge is 0.0733 e.